The summed E-state index contributed by atoms with van der Waals surface area (Å²) in [6.07, 6.45) is 0. The summed E-state index contributed by atoms with van der Waals surface area (Å²) < 4.78 is 17.2. The van der Waals surface area contributed by atoms with Gasteiger partial charge in [0.15, 0.2) is 0 Å². The van der Waals surface area contributed by atoms with Gasteiger partial charge in [-0.2, -0.15) is 0 Å². The van der Waals surface area contributed by atoms with E-state index in [9.17, 15) is 0 Å². The van der Waals surface area contributed by atoms with Crippen LogP contribution in [-0.2, 0) is 13.3 Å². The molecule has 0 bridgehead atoms. The van der Waals surface area contributed by atoms with Crippen molar-refractivity contribution in [3.05, 3.63) is 0 Å². The first-order chi connectivity index (χ1) is 7.14. The van der Waals surface area contributed by atoms with Crippen molar-refractivity contribution in [1.82, 2.24) is 0 Å². The first-order valence-electron chi connectivity index (χ1n) is 5.26. The van der Waals surface area contributed by atoms with Gasteiger partial charge in [0.05, 0.1) is 0 Å². The van der Waals surface area contributed by atoms with Gasteiger partial charge < -0.3 is 13.3 Å². The lowest BCUT2D eigenvalue weighted by atomic mass is 10.6. The zero-order chi connectivity index (χ0) is 11.7. The molecule has 0 aromatic carbocycles. The standard InChI is InChI=1S/C9H20Br2O3Si/c1-4-12-15(13-5-2,14-6-3)8-9(11)7-10/h9H,4-8H2,1-3H3. The molecule has 0 saturated heterocycles. The normalized spacial score (nSPS) is 14.2. The predicted molar refractivity (Wildman–Crippen MR) is 71.9 cm³/mol. The van der Waals surface area contributed by atoms with Crippen LogP contribution < -0.4 is 0 Å². The summed E-state index contributed by atoms with van der Waals surface area (Å²) >= 11 is 7.00. The summed E-state index contributed by atoms with van der Waals surface area (Å²) in [5, 5.41) is 0.870. The zero-order valence-corrected chi connectivity index (χ0v) is 13.8. The second-order valence-electron chi connectivity index (χ2n) is 2.94. The fourth-order valence-corrected chi connectivity index (χ4v) is 5.74. The Balaban J connectivity index is 4.44. The first-order valence-corrected chi connectivity index (χ1v) is 9.22. The number of halogens is 2. The molecular formula is C9H20Br2O3Si. The molecule has 0 aromatic heterocycles. The Bertz CT molecular complexity index is 143. The van der Waals surface area contributed by atoms with Crippen LogP contribution in [0.5, 0.6) is 0 Å². The first kappa shape index (κ1) is 16.1. The van der Waals surface area contributed by atoms with Gasteiger partial charge in [-0.25, -0.2) is 0 Å². The third kappa shape index (κ3) is 6.38. The largest absolute Gasteiger partial charge is 0.502 e. The molecule has 0 radical (unpaired) electrons. The van der Waals surface area contributed by atoms with E-state index in [0.29, 0.717) is 24.6 Å². The van der Waals surface area contributed by atoms with E-state index < -0.39 is 8.80 Å². The molecule has 0 spiro atoms. The molecule has 0 aliphatic rings. The molecular weight excluding hydrogens is 344 g/mol. The van der Waals surface area contributed by atoms with Crippen LogP contribution in [0.4, 0.5) is 0 Å². The van der Waals surface area contributed by atoms with Crippen LogP contribution in [0.3, 0.4) is 0 Å². The van der Waals surface area contributed by atoms with Crippen LogP contribution in [0.2, 0.25) is 6.04 Å². The van der Waals surface area contributed by atoms with Crippen molar-refractivity contribution in [3.63, 3.8) is 0 Å². The Kier molecular flexibility index (Phi) is 9.77. The van der Waals surface area contributed by atoms with Crippen LogP contribution in [0.25, 0.3) is 0 Å². The highest BCUT2D eigenvalue weighted by molar-refractivity contribution is 9.12. The summed E-state index contributed by atoms with van der Waals surface area (Å²) in [5.41, 5.74) is 0. The molecule has 0 amide bonds. The van der Waals surface area contributed by atoms with Crippen molar-refractivity contribution in [3.8, 4) is 0 Å². The highest BCUT2D eigenvalue weighted by Crippen LogP contribution is 2.23. The van der Waals surface area contributed by atoms with E-state index in [-0.39, 0.29) is 0 Å². The summed E-state index contributed by atoms with van der Waals surface area (Å²) in [5.74, 6) is 0. The fraction of sp³-hybridized carbons (Fsp3) is 1.00. The van der Waals surface area contributed by atoms with E-state index in [1.54, 1.807) is 0 Å². The number of hydrogen-bond acceptors (Lipinski definition) is 3. The van der Waals surface area contributed by atoms with E-state index in [2.05, 4.69) is 31.9 Å². The molecule has 92 valence electrons. The Morgan fingerprint density at radius 3 is 1.67 bits per heavy atom. The molecule has 15 heavy (non-hydrogen) atoms. The van der Waals surface area contributed by atoms with Crippen molar-refractivity contribution in [2.45, 2.75) is 31.6 Å². The minimum atomic E-state index is -2.46. The van der Waals surface area contributed by atoms with Crippen LogP contribution in [0.15, 0.2) is 0 Å². The van der Waals surface area contributed by atoms with Crippen LogP contribution in [-0.4, -0.2) is 38.8 Å². The van der Waals surface area contributed by atoms with Crippen molar-refractivity contribution in [2.24, 2.45) is 0 Å². The summed E-state index contributed by atoms with van der Waals surface area (Å²) in [6, 6.07) is 0.799. The highest BCUT2D eigenvalue weighted by Gasteiger charge is 2.42. The molecule has 1 atom stereocenters. The maximum Gasteiger partial charge on any atom is 0.502 e. The van der Waals surface area contributed by atoms with E-state index >= 15 is 0 Å². The van der Waals surface area contributed by atoms with Gasteiger partial charge in [-0.05, 0) is 20.8 Å². The van der Waals surface area contributed by atoms with Gasteiger partial charge in [0, 0.05) is 36.0 Å². The summed E-state index contributed by atoms with van der Waals surface area (Å²) in [7, 11) is -2.46. The maximum atomic E-state index is 5.73. The predicted octanol–water partition coefficient (Wildman–Crippen LogP) is 3.19. The number of rotatable bonds is 9. The average Bonchev–Trinajstić information content (AvgIpc) is 2.18. The molecule has 0 rings (SSSR count). The quantitative estimate of drug-likeness (QED) is 0.465. The van der Waals surface area contributed by atoms with E-state index in [4.69, 9.17) is 13.3 Å². The second-order valence-corrected chi connectivity index (χ2v) is 7.52. The fourth-order valence-electron chi connectivity index (χ4n) is 1.29. The molecule has 6 heteroatoms. The molecule has 3 nitrogen and oxygen atoms in total. The molecule has 1 unspecified atom stereocenters. The van der Waals surface area contributed by atoms with Gasteiger partial charge in [0.2, 0.25) is 0 Å². The van der Waals surface area contributed by atoms with E-state index in [1.165, 1.54) is 0 Å². The van der Waals surface area contributed by atoms with Crippen molar-refractivity contribution in [2.75, 3.05) is 25.2 Å². The van der Waals surface area contributed by atoms with Gasteiger partial charge in [0.25, 0.3) is 0 Å². The Hall–Kier alpha value is 1.06. The molecule has 0 fully saturated rings. The van der Waals surface area contributed by atoms with Crippen molar-refractivity contribution in [1.29, 1.82) is 0 Å². The molecule has 0 heterocycles. The lowest BCUT2D eigenvalue weighted by Gasteiger charge is -2.29. The summed E-state index contributed by atoms with van der Waals surface area (Å²) in [4.78, 5) is 0.328. The lowest BCUT2D eigenvalue weighted by molar-refractivity contribution is 0.0717. The van der Waals surface area contributed by atoms with Crippen LogP contribution in [0, 0.1) is 0 Å². The lowest BCUT2D eigenvalue weighted by Crippen LogP contribution is -2.47. The topological polar surface area (TPSA) is 27.7 Å². The van der Waals surface area contributed by atoms with Gasteiger partial charge in [0.1, 0.15) is 0 Å². The third-order valence-corrected chi connectivity index (χ3v) is 7.81. The highest BCUT2D eigenvalue weighted by atomic mass is 79.9. The van der Waals surface area contributed by atoms with Gasteiger partial charge in [-0.3, -0.25) is 0 Å². The van der Waals surface area contributed by atoms with E-state index in [0.717, 1.165) is 11.4 Å². The third-order valence-electron chi connectivity index (χ3n) is 1.73. The molecule has 0 saturated carbocycles. The van der Waals surface area contributed by atoms with Crippen molar-refractivity contribution >= 4 is 40.7 Å². The van der Waals surface area contributed by atoms with Gasteiger partial charge in [-0.15, -0.1) is 0 Å². The van der Waals surface area contributed by atoms with Gasteiger partial charge >= 0.3 is 8.80 Å². The molecule has 0 aliphatic carbocycles. The Labute approximate surface area is 110 Å². The molecule has 0 aromatic rings. The summed E-state index contributed by atoms with van der Waals surface area (Å²) in [6.45, 7) is 7.81. The monoisotopic (exact) mass is 362 g/mol. The minimum Gasteiger partial charge on any atom is -0.374 e. The SMILES string of the molecule is CCO[Si](CC(Br)CBr)(OCC)OCC. The Morgan fingerprint density at radius 2 is 1.40 bits per heavy atom. The minimum absolute atomic E-state index is 0.328. The number of alkyl halides is 2. The van der Waals surface area contributed by atoms with Crippen LogP contribution in [0.1, 0.15) is 20.8 Å². The maximum absolute atomic E-state index is 5.73. The second kappa shape index (κ2) is 9.12. The zero-order valence-electron chi connectivity index (χ0n) is 9.59. The molecule has 0 aliphatic heterocycles. The Morgan fingerprint density at radius 1 is 1.00 bits per heavy atom. The average molecular weight is 364 g/mol. The smallest absolute Gasteiger partial charge is 0.374 e. The number of hydrogen-bond donors (Lipinski definition) is 0. The van der Waals surface area contributed by atoms with E-state index in [1.807, 2.05) is 20.8 Å². The van der Waals surface area contributed by atoms with Crippen LogP contribution >= 0.6 is 31.9 Å². The van der Waals surface area contributed by atoms with Gasteiger partial charge in [-0.1, -0.05) is 31.9 Å². The van der Waals surface area contributed by atoms with Crippen molar-refractivity contribution < 1.29 is 13.3 Å². The molecule has 0 N–H and O–H groups in total.